The van der Waals surface area contributed by atoms with E-state index in [0.717, 1.165) is 0 Å². The van der Waals surface area contributed by atoms with Gasteiger partial charge >= 0.3 is 0 Å². The predicted octanol–water partition coefficient (Wildman–Crippen LogP) is 1.65. The van der Waals surface area contributed by atoms with Crippen molar-refractivity contribution >= 4 is 28.2 Å². The second kappa shape index (κ2) is 5.27. The van der Waals surface area contributed by atoms with Crippen molar-refractivity contribution < 1.29 is 10.4 Å². The van der Waals surface area contributed by atoms with Crippen LogP contribution < -0.4 is 10.8 Å². The Hall–Kier alpha value is -2.25. The van der Waals surface area contributed by atoms with E-state index in [1.54, 1.807) is 30.3 Å². The monoisotopic (exact) mass is 303 g/mol. The standard InChI is InChI=1S/C14H10ClN3O3/c15-9-3-6-12-11(7-9)14(19)17-13(16-12)8-1-4-10(5-2-8)18(20)21/h1-7,18,20H,(H,16,17,19). The van der Waals surface area contributed by atoms with Gasteiger partial charge < -0.3 is 10.2 Å². The summed E-state index contributed by atoms with van der Waals surface area (Å²) in [6.07, 6.45) is 0. The molecule has 7 heteroatoms. The van der Waals surface area contributed by atoms with Gasteiger partial charge in [-0.25, -0.2) is 10.2 Å². The smallest absolute Gasteiger partial charge is 0.259 e. The van der Waals surface area contributed by atoms with Gasteiger partial charge in [0.1, 0.15) is 5.82 Å². The van der Waals surface area contributed by atoms with Gasteiger partial charge in [-0.05, 0) is 30.3 Å². The van der Waals surface area contributed by atoms with Crippen LogP contribution >= 0.6 is 11.6 Å². The molecule has 3 N–H and O–H groups in total. The summed E-state index contributed by atoms with van der Waals surface area (Å²) >= 11 is 5.86. The number of aromatic nitrogens is 2. The summed E-state index contributed by atoms with van der Waals surface area (Å²) < 4.78 is 0. The molecular formula is C14H10ClN3O3. The number of hydrogen-bond donors (Lipinski definition) is 3. The quantitative estimate of drug-likeness (QED) is 0.627. The lowest BCUT2D eigenvalue weighted by molar-refractivity contribution is -0.991. The van der Waals surface area contributed by atoms with Crippen molar-refractivity contribution in [2.75, 3.05) is 0 Å². The van der Waals surface area contributed by atoms with Crippen LogP contribution in [0.2, 0.25) is 5.02 Å². The molecule has 21 heavy (non-hydrogen) atoms. The number of H-pyrrole nitrogens is 1. The first kappa shape index (κ1) is 13.7. The number of nitrogens with one attached hydrogen (secondary N) is 2. The third kappa shape index (κ3) is 2.65. The Morgan fingerprint density at radius 3 is 2.57 bits per heavy atom. The van der Waals surface area contributed by atoms with E-state index in [1.165, 1.54) is 12.1 Å². The third-order valence-corrected chi connectivity index (χ3v) is 3.31. The minimum Gasteiger partial charge on any atom is -0.595 e. The molecule has 0 saturated heterocycles. The molecule has 0 bridgehead atoms. The zero-order chi connectivity index (χ0) is 15.0. The fraction of sp³-hybridized carbons (Fsp3) is 0. The number of halogens is 1. The third-order valence-electron chi connectivity index (χ3n) is 3.07. The molecule has 6 nitrogen and oxygen atoms in total. The Morgan fingerprint density at radius 2 is 1.90 bits per heavy atom. The van der Waals surface area contributed by atoms with Gasteiger partial charge in [0.25, 0.3) is 5.56 Å². The van der Waals surface area contributed by atoms with Crippen LogP contribution in [-0.2, 0) is 0 Å². The topological polar surface area (TPSA) is 93.5 Å². The van der Waals surface area contributed by atoms with Crippen molar-refractivity contribution in [1.82, 2.24) is 9.97 Å². The molecule has 1 aromatic heterocycles. The van der Waals surface area contributed by atoms with Gasteiger partial charge in [-0.2, -0.15) is 5.23 Å². The van der Waals surface area contributed by atoms with Crippen LogP contribution in [-0.4, -0.2) is 15.2 Å². The molecule has 0 saturated carbocycles. The van der Waals surface area contributed by atoms with Gasteiger partial charge in [-0.15, -0.1) is 0 Å². The molecule has 0 aliphatic carbocycles. The van der Waals surface area contributed by atoms with E-state index in [4.69, 9.17) is 16.8 Å². The maximum Gasteiger partial charge on any atom is 0.259 e. The summed E-state index contributed by atoms with van der Waals surface area (Å²) in [4.78, 5) is 19.1. The van der Waals surface area contributed by atoms with Crippen LogP contribution in [0, 0.1) is 5.21 Å². The highest BCUT2D eigenvalue weighted by molar-refractivity contribution is 6.31. The van der Waals surface area contributed by atoms with Gasteiger partial charge in [0.15, 0.2) is 5.69 Å². The minimum atomic E-state index is -1.00. The van der Waals surface area contributed by atoms with E-state index in [2.05, 4.69) is 9.97 Å². The van der Waals surface area contributed by atoms with Crippen LogP contribution in [0.15, 0.2) is 47.3 Å². The molecule has 1 atom stereocenters. The van der Waals surface area contributed by atoms with Crippen molar-refractivity contribution in [2.24, 2.45) is 0 Å². The molecule has 106 valence electrons. The van der Waals surface area contributed by atoms with Gasteiger partial charge in [-0.1, -0.05) is 11.6 Å². The summed E-state index contributed by atoms with van der Waals surface area (Å²) in [5.74, 6) is 0.381. The van der Waals surface area contributed by atoms with Gasteiger partial charge in [0, 0.05) is 22.7 Å². The van der Waals surface area contributed by atoms with E-state index >= 15 is 0 Å². The first-order valence-electron chi connectivity index (χ1n) is 6.08. The van der Waals surface area contributed by atoms with Gasteiger partial charge in [0.2, 0.25) is 0 Å². The lowest BCUT2D eigenvalue weighted by Gasteiger charge is -2.11. The number of fused-ring (bicyclic) bond motifs is 1. The van der Waals surface area contributed by atoms with Crippen LogP contribution in [0.25, 0.3) is 22.3 Å². The van der Waals surface area contributed by atoms with Crippen molar-refractivity contribution in [1.29, 1.82) is 0 Å². The summed E-state index contributed by atoms with van der Waals surface area (Å²) in [6.45, 7) is 0. The predicted molar refractivity (Wildman–Crippen MR) is 78.6 cm³/mol. The molecule has 1 heterocycles. The largest absolute Gasteiger partial charge is 0.595 e. The summed E-state index contributed by atoms with van der Waals surface area (Å²) in [5.41, 5.74) is 1.04. The number of hydrogen-bond acceptors (Lipinski definition) is 4. The normalized spacial score (nSPS) is 12.5. The Labute approximate surface area is 123 Å². The van der Waals surface area contributed by atoms with Crippen LogP contribution in [0.4, 0.5) is 5.69 Å². The van der Waals surface area contributed by atoms with E-state index in [0.29, 0.717) is 27.3 Å². The highest BCUT2D eigenvalue weighted by atomic mass is 35.5. The first-order chi connectivity index (χ1) is 10.0. The average molecular weight is 304 g/mol. The van der Waals surface area contributed by atoms with Gasteiger partial charge in [-0.3, -0.25) is 4.79 Å². The second-order valence-corrected chi connectivity index (χ2v) is 4.89. The lowest BCUT2D eigenvalue weighted by Crippen LogP contribution is -2.99. The summed E-state index contributed by atoms with van der Waals surface area (Å²) in [6, 6.07) is 11.0. The SMILES string of the molecule is O=c1[nH]c(-c2ccc([NH+]([O-])O)cc2)nc2ccc(Cl)cc12. The number of benzene rings is 2. The fourth-order valence-corrected chi connectivity index (χ4v) is 2.19. The lowest BCUT2D eigenvalue weighted by atomic mass is 10.2. The van der Waals surface area contributed by atoms with Gasteiger partial charge in [0.05, 0.1) is 10.9 Å². The maximum atomic E-state index is 12.1. The number of aromatic amines is 1. The van der Waals surface area contributed by atoms with Crippen molar-refractivity contribution in [2.45, 2.75) is 0 Å². The molecule has 0 amide bonds. The molecule has 0 radical (unpaired) electrons. The Morgan fingerprint density at radius 1 is 1.19 bits per heavy atom. The molecule has 3 aromatic rings. The molecular weight excluding hydrogens is 294 g/mol. The Kier molecular flexibility index (Phi) is 3.44. The van der Waals surface area contributed by atoms with Crippen molar-refractivity contribution in [3.63, 3.8) is 0 Å². The molecule has 0 fully saturated rings. The van der Waals surface area contributed by atoms with Crippen LogP contribution in [0.1, 0.15) is 0 Å². The molecule has 0 spiro atoms. The number of nitrogens with zero attached hydrogens (tertiary/aromatic N) is 1. The first-order valence-corrected chi connectivity index (χ1v) is 6.46. The Balaban J connectivity index is 2.12. The Bertz CT molecular complexity index is 859. The van der Waals surface area contributed by atoms with E-state index in [9.17, 15) is 10.0 Å². The van der Waals surface area contributed by atoms with Crippen molar-refractivity contribution in [3.8, 4) is 11.4 Å². The summed E-state index contributed by atoms with van der Waals surface area (Å²) in [5, 5.41) is 19.6. The molecule has 1 unspecified atom stereocenters. The number of rotatable bonds is 2. The summed E-state index contributed by atoms with van der Waals surface area (Å²) in [7, 11) is 0. The molecule has 2 aromatic carbocycles. The maximum absolute atomic E-state index is 12.1. The number of quaternary nitrogens is 1. The molecule has 3 rings (SSSR count). The van der Waals surface area contributed by atoms with Crippen molar-refractivity contribution in [3.05, 3.63) is 63.0 Å². The van der Waals surface area contributed by atoms with Crippen LogP contribution in [0.3, 0.4) is 0 Å². The van der Waals surface area contributed by atoms with Crippen LogP contribution in [0.5, 0.6) is 0 Å². The highest BCUT2D eigenvalue weighted by Gasteiger charge is 2.07. The fourth-order valence-electron chi connectivity index (χ4n) is 2.02. The molecule has 0 aliphatic rings. The average Bonchev–Trinajstić information content (AvgIpc) is 2.48. The van der Waals surface area contributed by atoms with E-state index in [1.807, 2.05) is 0 Å². The highest BCUT2D eigenvalue weighted by Crippen LogP contribution is 2.19. The zero-order valence-electron chi connectivity index (χ0n) is 10.6. The van der Waals surface area contributed by atoms with E-state index < -0.39 is 5.23 Å². The molecule has 0 aliphatic heterocycles. The minimum absolute atomic E-state index is 0.175. The second-order valence-electron chi connectivity index (χ2n) is 4.46. The zero-order valence-corrected chi connectivity index (χ0v) is 11.4. The van der Waals surface area contributed by atoms with E-state index in [-0.39, 0.29) is 11.2 Å².